The van der Waals surface area contributed by atoms with E-state index in [9.17, 15) is 4.79 Å². The molecule has 0 spiro atoms. The Labute approximate surface area is 187 Å². The second-order valence-electron chi connectivity index (χ2n) is 7.24. The van der Waals surface area contributed by atoms with Crippen molar-refractivity contribution in [3.63, 3.8) is 0 Å². The van der Waals surface area contributed by atoms with Gasteiger partial charge in [0.15, 0.2) is 5.13 Å². The number of fused-ring (bicyclic) bond motifs is 2. The molecule has 6 nitrogen and oxygen atoms in total. The number of nitrogens with zero attached hydrogens (tertiary/aromatic N) is 4. The van der Waals surface area contributed by atoms with Crippen LogP contribution in [0.5, 0.6) is 0 Å². The average Bonchev–Trinajstić information content (AvgIpc) is 3.42. The van der Waals surface area contributed by atoms with Crippen molar-refractivity contribution in [2.24, 2.45) is 0 Å². The number of aromatic nitrogens is 3. The zero-order chi connectivity index (χ0) is 20.8. The highest BCUT2D eigenvalue weighted by atomic mass is 35.5. The van der Waals surface area contributed by atoms with Gasteiger partial charge in [-0.25, -0.2) is 9.67 Å². The Morgan fingerprint density at radius 3 is 2.93 bits per heavy atom. The lowest BCUT2D eigenvalue weighted by Gasteiger charge is -2.23. The van der Waals surface area contributed by atoms with Gasteiger partial charge < -0.3 is 0 Å². The van der Waals surface area contributed by atoms with Gasteiger partial charge in [-0.05, 0) is 31.7 Å². The molecular weight excluding hydrogens is 438 g/mol. The van der Waals surface area contributed by atoms with Crippen LogP contribution in [0.4, 0.5) is 5.13 Å². The summed E-state index contributed by atoms with van der Waals surface area (Å²) >= 11 is 9.36. The lowest BCUT2D eigenvalue weighted by atomic mass is 10.2. The summed E-state index contributed by atoms with van der Waals surface area (Å²) in [5.41, 5.74) is 2.78. The molecule has 30 heavy (non-hydrogen) atoms. The number of aryl methyl sites for hydroxylation is 1. The SMILES string of the molecule is CCN1CCc2nc(NC(=O)c3cc4c(C)nn(-c5ccccc5Cl)c4s3)sc2C1. The van der Waals surface area contributed by atoms with Crippen molar-refractivity contribution in [2.45, 2.75) is 26.8 Å². The van der Waals surface area contributed by atoms with Crippen LogP contribution in [-0.2, 0) is 13.0 Å². The number of hydrogen-bond acceptors (Lipinski definition) is 6. The minimum absolute atomic E-state index is 0.139. The van der Waals surface area contributed by atoms with Gasteiger partial charge in [-0.1, -0.05) is 30.7 Å². The molecule has 1 aromatic carbocycles. The predicted octanol–water partition coefficient (Wildman–Crippen LogP) is 5.14. The van der Waals surface area contributed by atoms with Crippen molar-refractivity contribution in [1.82, 2.24) is 19.7 Å². The smallest absolute Gasteiger partial charge is 0.267 e. The van der Waals surface area contributed by atoms with Crippen LogP contribution in [0, 0.1) is 6.92 Å². The summed E-state index contributed by atoms with van der Waals surface area (Å²) in [4.78, 5) is 22.8. The summed E-state index contributed by atoms with van der Waals surface area (Å²) in [5.74, 6) is -0.139. The van der Waals surface area contributed by atoms with Crippen LogP contribution >= 0.6 is 34.3 Å². The first kappa shape index (κ1) is 19.7. The minimum Gasteiger partial charge on any atom is -0.298 e. The molecule has 0 saturated heterocycles. The first-order valence-electron chi connectivity index (χ1n) is 9.80. The third kappa shape index (κ3) is 3.43. The predicted molar refractivity (Wildman–Crippen MR) is 123 cm³/mol. The second-order valence-corrected chi connectivity index (χ2v) is 9.76. The molecule has 0 fully saturated rings. The van der Waals surface area contributed by atoms with E-state index in [2.05, 4.69) is 27.2 Å². The van der Waals surface area contributed by atoms with Gasteiger partial charge in [0.25, 0.3) is 5.91 Å². The molecule has 0 atom stereocenters. The van der Waals surface area contributed by atoms with Gasteiger partial charge >= 0.3 is 0 Å². The number of para-hydroxylation sites is 1. The third-order valence-electron chi connectivity index (χ3n) is 5.33. The number of thiophene rings is 1. The summed E-state index contributed by atoms with van der Waals surface area (Å²) in [6.45, 7) is 7.08. The summed E-state index contributed by atoms with van der Waals surface area (Å²) < 4.78 is 1.82. The van der Waals surface area contributed by atoms with Crippen LogP contribution in [0.25, 0.3) is 15.9 Å². The van der Waals surface area contributed by atoms with Crippen LogP contribution in [0.1, 0.15) is 32.9 Å². The molecule has 1 aliphatic rings. The lowest BCUT2D eigenvalue weighted by molar-refractivity contribution is 0.103. The number of halogens is 1. The second kappa shape index (κ2) is 7.77. The van der Waals surface area contributed by atoms with Crippen LogP contribution in [0.3, 0.4) is 0 Å². The zero-order valence-electron chi connectivity index (χ0n) is 16.6. The van der Waals surface area contributed by atoms with E-state index in [-0.39, 0.29) is 5.91 Å². The third-order valence-corrected chi connectivity index (χ3v) is 7.75. The largest absolute Gasteiger partial charge is 0.298 e. The zero-order valence-corrected chi connectivity index (χ0v) is 19.0. The number of carbonyl (C=O) groups excluding carboxylic acids is 1. The van der Waals surface area contributed by atoms with E-state index >= 15 is 0 Å². The Kier molecular flexibility index (Phi) is 5.10. The number of amides is 1. The fourth-order valence-corrected chi connectivity index (χ4v) is 6.01. The molecule has 0 aliphatic carbocycles. The number of nitrogens with one attached hydrogen (secondary N) is 1. The van der Waals surface area contributed by atoms with Crippen LogP contribution in [-0.4, -0.2) is 38.7 Å². The number of thiazole rings is 1. The molecule has 1 N–H and O–H groups in total. The van der Waals surface area contributed by atoms with Gasteiger partial charge in [0.05, 0.1) is 27.0 Å². The quantitative estimate of drug-likeness (QED) is 0.461. The highest BCUT2D eigenvalue weighted by Gasteiger charge is 2.22. The van der Waals surface area contributed by atoms with Crippen molar-refractivity contribution in [2.75, 3.05) is 18.4 Å². The van der Waals surface area contributed by atoms with E-state index < -0.39 is 0 Å². The number of hydrogen-bond donors (Lipinski definition) is 1. The first-order valence-corrected chi connectivity index (χ1v) is 11.8. The number of benzene rings is 1. The van der Waals surface area contributed by atoms with E-state index in [0.717, 1.165) is 53.3 Å². The first-order chi connectivity index (χ1) is 14.5. The Morgan fingerprint density at radius 1 is 1.30 bits per heavy atom. The van der Waals surface area contributed by atoms with E-state index in [1.807, 2.05) is 41.9 Å². The standard InChI is InChI=1S/C21H20ClN5OS2/c1-3-26-9-8-15-18(11-26)30-21(23-15)24-19(28)17-10-13-12(2)25-27(20(13)29-17)16-7-5-4-6-14(16)22/h4-7,10H,3,8-9,11H2,1-2H3,(H,23,24,28). The highest BCUT2D eigenvalue weighted by Crippen LogP contribution is 2.33. The number of carbonyl (C=O) groups is 1. The molecule has 154 valence electrons. The van der Waals surface area contributed by atoms with Crippen LogP contribution in [0.2, 0.25) is 5.02 Å². The van der Waals surface area contributed by atoms with Gasteiger partial charge in [0.1, 0.15) is 4.83 Å². The van der Waals surface area contributed by atoms with Gasteiger partial charge in [-0.15, -0.1) is 22.7 Å². The number of likely N-dealkylation sites (N-methyl/N-ethyl adjacent to an activating group) is 1. The Balaban J connectivity index is 1.43. The molecule has 9 heteroatoms. The Morgan fingerprint density at radius 2 is 2.13 bits per heavy atom. The molecule has 3 aromatic heterocycles. The van der Waals surface area contributed by atoms with Gasteiger partial charge in [-0.3, -0.25) is 15.0 Å². The maximum atomic E-state index is 12.9. The fraction of sp³-hybridized carbons (Fsp3) is 0.286. The maximum absolute atomic E-state index is 12.9. The molecule has 0 radical (unpaired) electrons. The van der Waals surface area contributed by atoms with Gasteiger partial charge in [0.2, 0.25) is 0 Å². The van der Waals surface area contributed by atoms with Crippen LogP contribution < -0.4 is 5.32 Å². The molecule has 4 heterocycles. The number of anilines is 1. The summed E-state index contributed by atoms with van der Waals surface area (Å²) in [7, 11) is 0. The average molecular weight is 458 g/mol. The molecule has 1 amide bonds. The van der Waals surface area contributed by atoms with Crippen molar-refractivity contribution in [3.05, 3.63) is 56.5 Å². The highest BCUT2D eigenvalue weighted by molar-refractivity contribution is 7.21. The van der Waals surface area contributed by atoms with Crippen molar-refractivity contribution in [3.8, 4) is 5.69 Å². The van der Waals surface area contributed by atoms with E-state index in [1.165, 1.54) is 16.2 Å². The van der Waals surface area contributed by atoms with Crippen molar-refractivity contribution >= 4 is 55.5 Å². The van der Waals surface area contributed by atoms with E-state index in [1.54, 1.807) is 11.3 Å². The Bertz CT molecular complexity index is 1260. The molecule has 0 saturated carbocycles. The van der Waals surface area contributed by atoms with E-state index in [0.29, 0.717) is 15.0 Å². The topological polar surface area (TPSA) is 63.1 Å². The normalized spacial score (nSPS) is 14.2. The maximum Gasteiger partial charge on any atom is 0.267 e. The molecule has 1 aliphatic heterocycles. The molecule has 0 bridgehead atoms. The van der Waals surface area contributed by atoms with Gasteiger partial charge in [0, 0.05) is 29.8 Å². The lowest BCUT2D eigenvalue weighted by Crippen LogP contribution is -2.29. The summed E-state index contributed by atoms with van der Waals surface area (Å²) in [6.07, 6.45) is 0.936. The molecule has 0 unspecified atom stereocenters. The van der Waals surface area contributed by atoms with Crippen molar-refractivity contribution in [1.29, 1.82) is 0 Å². The fourth-order valence-electron chi connectivity index (χ4n) is 3.68. The molecular formula is C21H20ClN5OS2. The summed E-state index contributed by atoms with van der Waals surface area (Å²) in [6, 6.07) is 9.48. The minimum atomic E-state index is -0.139. The summed E-state index contributed by atoms with van der Waals surface area (Å²) in [5, 5.41) is 9.87. The van der Waals surface area contributed by atoms with Crippen molar-refractivity contribution < 1.29 is 4.79 Å². The van der Waals surface area contributed by atoms with E-state index in [4.69, 9.17) is 11.6 Å². The monoisotopic (exact) mass is 457 g/mol. The number of rotatable bonds is 4. The molecule has 5 rings (SSSR count). The van der Waals surface area contributed by atoms with Crippen LogP contribution in [0.15, 0.2) is 30.3 Å². The van der Waals surface area contributed by atoms with Gasteiger partial charge in [-0.2, -0.15) is 5.10 Å². The Hall–Kier alpha value is -2.26. The molecule has 4 aromatic rings.